The maximum atomic E-state index is 12.5. The zero-order valence-corrected chi connectivity index (χ0v) is 16.0. The van der Waals surface area contributed by atoms with E-state index in [9.17, 15) is 4.79 Å². The third kappa shape index (κ3) is 3.70. The van der Waals surface area contributed by atoms with Crippen LogP contribution in [0.1, 0.15) is 15.9 Å². The van der Waals surface area contributed by atoms with E-state index in [4.69, 9.17) is 0 Å². The molecule has 7 heteroatoms. The summed E-state index contributed by atoms with van der Waals surface area (Å²) in [6, 6.07) is 15.7. The third-order valence-corrected chi connectivity index (χ3v) is 4.63. The van der Waals surface area contributed by atoms with Crippen molar-refractivity contribution in [1.82, 2.24) is 30.0 Å². The highest BCUT2D eigenvalue weighted by molar-refractivity contribution is 6.05. The number of hydrogen-bond donors (Lipinski definition) is 1. The molecule has 0 radical (unpaired) electrons. The van der Waals surface area contributed by atoms with E-state index in [0.717, 1.165) is 23.0 Å². The minimum absolute atomic E-state index is 0.0946. The molecule has 0 aliphatic rings. The Hall–Kier alpha value is -3.32. The first-order chi connectivity index (χ1) is 13.6. The number of carbonyl (C=O) groups excluding carboxylic acids is 1. The van der Waals surface area contributed by atoms with Gasteiger partial charge in [-0.25, -0.2) is 4.98 Å². The van der Waals surface area contributed by atoms with Crippen LogP contribution in [0.2, 0.25) is 0 Å². The van der Waals surface area contributed by atoms with Gasteiger partial charge < -0.3 is 14.8 Å². The summed E-state index contributed by atoms with van der Waals surface area (Å²) in [7, 11) is 3.96. The summed E-state index contributed by atoms with van der Waals surface area (Å²) >= 11 is 0. The van der Waals surface area contributed by atoms with Crippen molar-refractivity contribution in [3.8, 4) is 0 Å². The Bertz CT molecular complexity index is 1120. The molecule has 4 rings (SSSR count). The van der Waals surface area contributed by atoms with E-state index in [0.29, 0.717) is 24.3 Å². The first-order valence-electron chi connectivity index (χ1n) is 9.20. The van der Waals surface area contributed by atoms with Crippen molar-refractivity contribution in [1.29, 1.82) is 0 Å². The fourth-order valence-corrected chi connectivity index (χ4v) is 3.17. The first-order valence-corrected chi connectivity index (χ1v) is 9.20. The quantitative estimate of drug-likeness (QED) is 0.561. The van der Waals surface area contributed by atoms with Crippen LogP contribution in [-0.4, -0.2) is 57.7 Å². The molecule has 4 aromatic rings. The zero-order chi connectivity index (χ0) is 19.5. The second-order valence-corrected chi connectivity index (χ2v) is 7.02. The normalized spacial score (nSPS) is 11.4. The van der Waals surface area contributed by atoms with Crippen LogP contribution in [0, 0.1) is 0 Å². The smallest absolute Gasteiger partial charge is 0.251 e. The molecule has 0 aliphatic heterocycles. The van der Waals surface area contributed by atoms with Crippen molar-refractivity contribution in [2.45, 2.75) is 6.54 Å². The van der Waals surface area contributed by atoms with Gasteiger partial charge in [0.25, 0.3) is 5.91 Å². The molecule has 1 amide bonds. The molecule has 2 aromatic heterocycles. The van der Waals surface area contributed by atoms with E-state index < -0.39 is 0 Å². The summed E-state index contributed by atoms with van der Waals surface area (Å²) in [6.07, 6.45) is 1.77. The van der Waals surface area contributed by atoms with Gasteiger partial charge in [0.2, 0.25) is 5.65 Å². The van der Waals surface area contributed by atoms with Gasteiger partial charge in [0.1, 0.15) is 0 Å². The predicted molar refractivity (Wildman–Crippen MR) is 109 cm³/mol. The van der Waals surface area contributed by atoms with Gasteiger partial charge in [-0.1, -0.05) is 30.3 Å². The highest BCUT2D eigenvalue weighted by Gasteiger charge is 2.13. The number of nitrogens with zero attached hydrogens (tertiary/aromatic N) is 5. The van der Waals surface area contributed by atoms with Crippen molar-refractivity contribution in [2.24, 2.45) is 0 Å². The number of fused-ring (bicyclic) bond motifs is 3. The van der Waals surface area contributed by atoms with Crippen molar-refractivity contribution >= 4 is 28.0 Å². The molecule has 142 valence electrons. The van der Waals surface area contributed by atoms with Crippen molar-refractivity contribution in [3.63, 3.8) is 0 Å². The number of aromatic nitrogens is 4. The van der Waals surface area contributed by atoms with Crippen LogP contribution in [-0.2, 0) is 6.54 Å². The second kappa shape index (κ2) is 7.74. The Morgan fingerprint density at radius 2 is 1.93 bits per heavy atom. The molecule has 7 nitrogen and oxygen atoms in total. The first kappa shape index (κ1) is 18.1. The molecular weight excluding hydrogens is 352 g/mol. The predicted octanol–water partition coefficient (Wildman–Crippen LogP) is 2.32. The molecular formula is C21H22N6O. The van der Waals surface area contributed by atoms with Crippen molar-refractivity contribution < 1.29 is 4.79 Å². The van der Waals surface area contributed by atoms with E-state index >= 15 is 0 Å². The second-order valence-electron chi connectivity index (χ2n) is 7.02. The van der Waals surface area contributed by atoms with Gasteiger partial charge in [-0.05, 0) is 37.9 Å². The molecule has 1 N–H and O–H groups in total. The van der Waals surface area contributed by atoms with Gasteiger partial charge in [0.15, 0.2) is 0 Å². The van der Waals surface area contributed by atoms with Crippen molar-refractivity contribution in [3.05, 3.63) is 66.0 Å². The molecule has 2 heterocycles. The van der Waals surface area contributed by atoms with Crippen LogP contribution in [0.5, 0.6) is 0 Å². The number of likely N-dealkylation sites (N-methyl/N-ethyl adjacent to an activating group) is 1. The summed E-state index contributed by atoms with van der Waals surface area (Å²) in [6.45, 7) is 2.07. The Morgan fingerprint density at radius 1 is 1.11 bits per heavy atom. The maximum Gasteiger partial charge on any atom is 0.251 e. The maximum absolute atomic E-state index is 12.5. The zero-order valence-electron chi connectivity index (χ0n) is 16.0. The van der Waals surface area contributed by atoms with Gasteiger partial charge in [0, 0.05) is 30.6 Å². The summed E-state index contributed by atoms with van der Waals surface area (Å²) in [5.41, 5.74) is 3.98. The molecule has 0 saturated carbocycles. The van der Waals surface area contributed by atoms with Crippen LogP contribution in [0.25, 0.3) is 22.1 Å². The summed E-state index contributed by atoms with van der Waals surface area (Å²) in [5.74, 6) is -0.0946. The molecule has 0 bridgehead atoms. The fraction of sp³-hybridized carbons (Fsp3) is 0.238. The third-order valence-electron chi connectivity index (χ3n) is 4.63. The van der Waals surface area contributed by atoms with E-state index in [1.807, 2.05) is 49.3 Å². The van der Waals surface area contributed by atoms with Crippen LogP contribution < -0.4 is 5.32 Å². The Morgan fingerprint density at radius 3 is 2.71 bits per heavy atom. The molecule has 0 saturated heterocycles. The number of amides is 1. The summed E-state index contributed by atoms with van der Waals surface area (Å²) < 4.78 is 2.05. The van der Waals surface area contributed by atoms with Gasteiger partial charge in [-0.3, -0.25) is 4.79 Å². The lowest BCUT2D eigenvalue weighted by Crippen LogP contribution is -2.31. The van der Waals surface area contributed by atoms with Crippen LogP contribution in [0.3, 0.4) is 0 Å². The molecule has 28 heavy (non-hydrogen) atoms. The van der Waals surface area contributed by atoms with Gasteiger partial charge in [-0.15, -0.1) is 10.2 Å². The van der Waals surface area contributed by atoms with E-state index in [-0.39, 0.29) is 5.91 Å². The van der Waals surface area contributed by atoms with Crippen LogP contribution >= 0.6 is 0 Å². The number of imidazole rings is 1. The number of nitrogens with one attached hydrogen (secondary N) is 1. The van der Waals surface area contributed by atoms with Crippen molar-refractivity contribution in [2.75, 3.05) is 27.2 Å². The molecule has 0 fully saturated rings. The van der Waals surface area contributed by atoms with E-state index in [1.165, 1.54) is 5.56 Å². The van der Waals surface area contributed by atoms with Crippen LogP contribution in [0.15, 0.2) is 54.9 Å². The van der Waals surface area contributed by atoms with E-state index in [1.54, 1.807) is 12.4 Å². The summed E-state index contributed by atoms with van der Waals surface area (Å²) in [5, 5.41) is 12.3. The minimum atomic E-state index is -0.0946. The van der Waals surface area contributed by atoms with Gasteiger partial charge in [-0.2, -0.15) is 0 Å². The largest absolute Gasteiger partial charge is 0.351 e. The average Bonchev–Trinajstić information content (AvgIpc) is 3.11. The molecule has 0 aliphatic carbocycles. The topological polar surface area (TPSA) is 75.9 Å². The Kier molecular flexibility index (Phi) is 4.99. The minimum Gasteiger partial charge on any atom is -0.351 e. The Labute approximate surface area is 163 Å². The van der Waals surface area contributed by atoms with Gasteiger partial charge in [0.05, 0.1) is 17.4 Å². The average molecular weight is 374 g/mol. The molecule has 0 unspecified atom stereocenters. The Balaban J connectivity index is 1.71. The van der Waals surface area contributed by atoms with Gasteiger partial charge >= 0.3 is 0 Å². The molecule has 2 aromatic carbocycles. The number of hydrogen-bond acceptors (Lipinski definition) is 5. The lowest BCUT2D eigenvalue weighted by atomic mass is 10.1. The monoisotopic (exact) mass is 374 g/mol. The lowest BCUT2D eigenvalue weighted by Gasteiger charge is -2.11. The number of carbonyl (C=O) groups is 1. The SMILES string of the molecule is CN(C)CCNC(=O)c1ccc2nnc3ncn(Cc4ccccc4)c3c2c1. The van der Waals surface area contributed by atoms with E-state index in [2.05, 4.69) is 37.2 Å². The van der Waals surface area contributed by atoms with Crippen LogP contribution in [0.4, 0.5) is 0 Å². The fourth-order valence-electron chi connectivity index (χ4n) is 3.17. The summed E-state index contributed by atoms with van der Waals surface area (Å²) in [4.78, 5) is 19.0. The molecule has 0 atom stereocenters. The lowest BCUT2D eigenvalue weighted by molar-refractivity contribution is 0.0951. The number of rotatable bonds is 6. The molecule has 0 spiro atoms. The highest BCUT2D eigenvalue weighted by Crippen LogP contribution is 2.23. The standard InChI is InChI=1S/C21H22N6O/c1-26(2)11-10-22-21(28)16-8-9-18-17(12-16)19-20(25-24-18)23-14-27(19)13-15-6-4-3-5-7-15/h3-9,12,14H,10-11,13H2,1-2H3,(H,22,28). The highest BCUT2D eigenvalue weighted by atomic mass is 16.1. The number of benzene rings is 2.